The monoisotopic (exact) mass is 402 g/mol. The Balaban J connectivity index is 3.20. The Hall–Kier alpha value is 0.150. The number of halogens is 2. The van der Waals surface area contributed by atoms with Crippen molar-refractivity contribution in [3.8, 4) is 0 Å². The molecule has 0 N–H and O–H groups in total. The molecule has 1 rings (SSSR count). The first kappa shape index (κ1) is 11.2. The third-order valence-electron chi connectivity index (χ3n) is 1.70. The maximum Gasteiger partial charge on any atom is 0.337 e. The van der Waals surface area contributed by atoms with Crippen molar-refractivity contribution < 1.29 is 9.53 Å². The minimum Gasteiger partial charge on any atom is -0.465 e. The van der Waals surface area contributed by atoms with Gasteiger partial charge in [0.05, 0.1) is 12.7 Å². The SMILES string of the molecule is COC(=O)c1cc(I)c(C)c(I)c1. The number of carbonyl (C=O) groups excluding carboxylic acids is 1. The van der Waals surface area contributed by atoms with E-state index in [4.69, 9.17) is 0 Å². The standard InChI is InChI=1S/C9H8I2O2/c1-5-7(10)3-6(4-8(5)11)9(12)13-2/h3-4H,1-2H3. The topological polar surface area (TPSA) is 26.3 Å². The fourth-order valence-electron chi connectivity index (χ4n) is 0.881. The summed E-state index contributed by atoms with van der Waals surface area (Å²) in [5, 5.41) is 0. The van der Waals surface area contributed by atoms with Gasteiger partial charge in [-0.2, -0.15) is 0 Å². The number of methoxy groups -OCH3 is 1. The second kappa shape index (κ2) is 4.59. The van der Waals surface area contributed by atoms with Crippen LogP contribution < -0.4 is 0 Å². The molecule has 0 bridgehead atoms. The smallest absolute Gasteiger partial charge is 0.337 e. The van der Waals surface area contributed by atoms with Gasteiger partial charge in [-0.3, -0.25) is 0 Å². The van der Waals surface area contributed by atoms with Crippen LogP contribution in [-0.2, 0) is 4.74 Å². The van der Waals surface area contributed by atoms with Crippen LogP contribution in [0.25, 0.3) is 0 Å². The van der Waals surface area contributed by atoms with Gasteiger partial charge in [-0.15, -0.1) is 0 Å². The summed E-state index contributed by atoms with van der Waals surface area (Å²) in [4.78, 5) is 11.2. The zero-order valence-corrected chi connectivity index (χ0v) is 11.5. The van der Waals surface area contributed by atoms with E-state index in [2.05, 4.69) is 49.9 Å². The van der Waals surface area contributed by atoms with Crippen molar-refractivity contribution >= 4 is 51.2 Å². The number of hydrogen-bond acceptors (Lipinski definition) is 2. The minimum absolute atomic E-state index is 0.282. The maximum absolute atomic E-state index is 11.2. The second-order valence-corrected chi connectivity index (χ2v) is 4.88. The first-order chi connectivity index (χ1) is 6.06. The molecular formula is C9H8I2O2. The van der Waals surface area contributed by atoms with Gasteiger partial charge in [-0.25, -0.2) is 4.79 Å². The summed E-state index contributed by atoms with van der Waals surface area (Å²) in [5.74, 6) is -0.282. The lowest BCUT2D eigenvalue weighted by Crippen LogP contribution is -2.03. The lowest BCUT2D eigenvalue weighted by molar-refractivity contribution is 0.0600. The van der Waals surface area contributed by atoms with Gasteiger partial charge in [0, 0.05) is 7.14 Å². The molecule has 0 saturated carbocycles. The Morgan fingerprint density at radius 1 is 1.31 bits per heavy atom. The van der Waals surface area contributed by atoms with Gasteiger partial charge in [0.25, 0.3) is 0 Å². The molecule has 0 aliphatic rings. The minimum atomic E-state index is -0.282. The highest BCUT2D eigenvalue weighted by atomic mass is 127. The maximum atomic E-state index is 11.2. The third kappa shape index (κ3) is 2.55. The van der Waals surface area contributed by atoms with Crippen molar-refractivity contribution in [2.24, 2.45) is 0 Å². The summed E-state index contributed by atoms with van der Waals surface area (Å²) >= 11 is 4.43. The van der Waals surface area contributed by atoms with Crippen molar-refractivity contribution in [3.05, 3.63) is 30.4 Å². The Morgan fingerprint density at radius 3 is 2.15 bits per heavy atom. The van der Waals surface area contributed by atoms with Crippen LogP contribution in [-0.4, -0.2) is 13.1 Å². The van der Waals surface area contributed by atoms with E-state index >= 15 is 0 Å². The van der Waals surface area contributed by atoms with Gasteiger partial charge in [0.2, 0.25) is 0 Å². The van der Waals surface area contributed by atoms with Gasteiger partial charge in [0.15, 0.2) is 0 Å². The van der Waals surface area contributed by atoms with E-state index in [0.29, 0.717) is 5.56 Å². The van der Waals surface area contributed by atoms with E-state index in [1.54, 1.807) is 0 Å². The van der Waals surface area contributed by atoms with Gasteiger partial charge in [-0.05, 0) is 69.8 Å². The van der Waals surface area contributed by atoms with Gasteiger partial charge >= 0.3 is 5.97 Å². The van der Waals surface area contributed by atoms with E-state index < -0.39 is 0 Å². The molecule has 0 aliphatic carbocycles. The van der Waals surface area contributed by atoms with Crippen molar-refractivity contribution in [1.82, 2.24) is 0 Å². The van der Waals surface area contributed by atoms with Crippen molar-refractivity contribution in [2.75, 3.05) is 7.11 Å². The van der Waals surface area contributed by atoms with Gasteiger partial charge in [-0.1, -0.05) is 0 Å². The van der Waals surface area contributed by atoms with E-state index in [1.165, 1.54) is 12.7 Å². The molecule has 0 fully saturated rings. The Morgan fingerprint density at radius 2 is 1.77 bits per heavy atom. The molecule has 0 spiro atoms. The molecule has 1 aromatic carbocycles. The van der Waals surface area contributed by atoms with Crippen LogP contribution in [0.5, 0.6) is 0 Å². The summed E-state index contributed by atoms with van der Waals surface area (Å²) in [6.45, 7) is 2.03. The number of rotatable bonds is 1. The first-order valence-electron chi connectivity index (χ1n) is 3.60. The van der Waals surface area contributed by atoms with Crippen molar-refractivity contribution in [2.45, 2.75) is 6.92 Å². The highest BCUT2D eigenvalue weighted by Gasteiger charge is 2.09. The Labute approximate surface area is 104 Å². The lowest BCUT2D eigenvalue weighted by Gasteiger charge is -2.04. The van der Waals surface area contributed by atoms with Gasteiger partial charge in [0.1, 0.15) is 0 Å². The van der Waals surface area contributed by atoms with Crippen LogP contribution >= 0.6 is 45.2 Å². The largest absolute Gasteiger partial charge is 0.465 e. The van der Waals surface area contributed by atoms with Crippen LogP contribution in [0.15, 0.2) is 12.1 Å². The molecule has 0 unspecified atom stereocenters. The molecule has 70 valence electrons. The number of esters is 1. The van der Waals surface area contributed by atoms with Crippen molar-refractivity contribution in [1.29, 1.82) is 0 Å². The number of carbonyl (C=O) groups is 1. The lowest BCUT2D eigenvalue weighted by atomic mass is 10.1. The molecule has 0 aromatic heterocycles. The summed E-state index contributed by atoms with van der Waals surface area (Å²) in [6.07, 6.45) is 0. The predicted octanol–water partition coefficient (Wildman–Crippen LogP) is 2.99. The molecule has 0 amide bonds. The molecular weight excluding hydrogens is 394 g/mol. The fraction of sp³-hybridized carbons (Fsp3) is 0.222. The quantitative estimate of drug-likeness (QED) is 0.534. The summed E-state index contributed by atoms with van der Waals surface area (Å²) in [5.41, 5.74) is 1.82. The van der Waals surface area contributed by atoms with E-state index in [-0.39, 0.29) is 5.97 Å². The highest BCUT2D eigenvalue weighted by Crippen LogP contribution is 2.20. The number of hydrogen-bond donors (Lipinski definition) is 0. The van der Waals surface area contributed by atoms with Crippen LogP contribution in [0, 0.1) is 14.1 Å². The van der Waals surface area contributed by atoms with E-state index in [0.717, 1.165) is 7.14 Å². The molecule has 4 heteroatoms. The van der Waals surface area contributed by atoms with Crippen molar-refractivity contribution in [3.63, 3.8) is 0 Å². The molecule has 1 aromatic rings. The summed E-state index contributed by atoms with van der Waals surface area (Å²) in [7, 11) is 1.39. The van der Waals surface area contributed by atoms with Crippen LogP contribution in [0.2, 0.25) is 0 Å². The molecule has 0 saturated heterocycles. The first-order valence-corrected chi connectivity index (χ1v) is 5.76. The highest BCUT2D eigenvalue weighted by molar-refractivity contribution is 14.1. The van der Waals surface area contributed by atoms with Gasteiger partial charge < -0.3 is 4.74 Å². The zero-order chi connectivity index (χ0) is 10.0. The van der Waals surface area contributed by atoms with Crippen LogP contribution in [0.1, 0.15) is 15.9 Å². The molecule has 0 atom stereocenters. The number of ether oxygens (including phenoxy) is 1. The average Bonchev–Trinajstić information content (AvgIpc) is 2.12. The molecule has 0 heterocycles. The normalized spacial score (nSPS) is 9.85. The third-order valence-corrected chi connectivity index (χ3v) is 3.94. The van der Waals surface area contributed by atoms with Crippen LogP contribution in [0.4, 0.5) is 0 Å². The summed E-state index contributed by atoms with van der Waals surface area (Å²) in [6, 6.07) is 3.67. The van der Waals surface area contributed by atoms with E-state index in [9.17, 15) is 4.79 Å². The average molecular weight is 402 g/mol. The number of benzene rings is 1. The zero-order valence-electron chi connectivity index (χ0n) is 7.23. The molecule has 0 radical (unpaired) electrons. The van der Waals surface area contributed by atoms with Crippen LogP contribution in [0.3, 0.4) is 0 Å². The molecule has 13 heavy (non-hydrogen) atoms. The second-order valence-electron chi connectivity index (χ2n) is 2.56. The summed E-state index contributed by atoms with van der Waals surface area (Å²) < 4.78 is 6.82. The Bertz CT molecular complexity index is 324. The molecule has 2 nitrogen and oxygen atoms in total. The Kier molecular flexibility index (Phi) is 3.96. The molecule has 0 aliphatic heterocycles. The predicted molar refractivity (Wildman–Crippen MR) is 68.0 cm³/mol. The fourth-order valence-corrected chi connectivity index (χ4v) is 2.65. The van der Waals surface area contributed by atoms with E-state index in [1.807, 2.05) is 19.1 Å².